The first-order valence-corrected chi connectivity index (χ1v) is 6.90. The predicted molar refractivity (Wildman–Crippen MR) is 70.1 cm³/mol. The summed E-state index contributed by atoms with van der Waals surface area (Å²) in [6.07, 6.45) is 5.62. The van der Waals surface area contributed by atoms with Gasteiger partial charge in [0.25, 0.3) is 0 Å². The van der Waals surface area contributed by atoms with Crippen LogP contribution in [0.3, 0.4) is 0 Å². The Kier molecular flexibility index (Phi) is 3.95. The van der Waals surface area contributed by atoms with E-state index in [9.17, 15) is 9.59 Å². The number of halogens is 1. The van der Waals surface area contributed by atoms with Crippen molar-refractivity contribution in [3.8, 4) is 0 Å². The van der Waals surface area contributed by atoms with Gasteiger partial charge in [-0.2, -0.15) is 0 Å². The molecule has 1 aliphatic carbocycles. The molecule has 0 aromatic rings. The van der Waals surface area contributed by atoms with Gasteiger partial charge < -0.3 is 10.2 Å². The molecule has 2 amide bonds. The minimum Gasteiger partial charge on any atom is -0.342 e. The van der Waals surface area contributed by atoms with E-state index in [-0.39, 0.29) is 17.9 Å². The average Bonchev–Trinajstić information content (AvgIpc) is 2.75. The van der Waals surface area contributed by atoms with Crippen molar-refractivity contribution in [2.45, 2.75) is 50.6 Å². The summed E-state index contributed by atoms with van der Waals surface area (Å²) in [5, 5.41) is 2.95. The summed E-state index contributed by atoms with van der Waals surface area (Å²) in [4.78, 5) is 26.3. The SMILES string of the molecule is CC1CC(=O)NC2(CCCC2)C(=O)N1C/C=C/Cl. The van der Waals surface area contributed by atoms with E-state index in [0.29, 0.717) is 13.0 Å². The summed E-state index contributed by atoms with van der Waals surface area (Å²) < 4.78 is 0. The van der Waals surface area contributed by atoms with Crippen molar-refractivity contribution in [3.05, 3.63) is 11.6 Å². The third-order valence-electron chi connectivity index (χ3n) is 3.91. The van der Waals surface area contributed by atoms with Gasteiger partial charge in [-0.25, -0.2) is 0 Å². The molecule has 18 heavy (non-hydrogen) atoms. The van der Waals surface area contributed by atoms with Crippen molar-refractivity contribution in [1.82, 2.24) is 10.2 Å². The van der Waals surface area contributed by atoms with Crippen LogP contribution >= 0.6 is 11.6 Å². The Balaban J connectivity index is 2.27. The Labute approximate surface area is 112 Å². The average molecular weight is 271 g/mol. The second-order valence-corrected chi connectivity index (χ2v) is 5.46. The number of rotatable bonds is 2. The van der Waals surface area contributed by atoms with Crippen LogP contribution in [0.25, 0.3) is 0 Å². The van der Waals surface area contributed by atoms with Gasteiger partial charge in [0.2, 0.25) is 11.8 Å². The zero-order valence-corrected chi connectivity index (χ0v) is 11.4. The van der Waals surface area contributed by atoms with E-state index in [1.54, 1.807) is 11.0 Å². The molecule has 1 N–H and O–H groups in total. The number of nitrogens with one attached hydrogen (secondary N) is 1. The highest BCUT2D eigenvalue weighted by Crippen LogP contribution is 2.34. The molecule has 1 unspecified atom stereocenters. The van der Waals surface area contributed by atoms with E-state index in [1.165, 1.54) is 5.54 Å². The highest BCUT2D eigenvalue weighted by Gasteiger charge is 2.47. The van der Waals surface area contributed by atoms with Crippen LogP contribution in [-0.2, 0) is 9.59 Å². The molecule has 2 fully saturated rings. The van der Waals surface area contributed by atoms with Crippen LogP contribution in [-0.4, -0.2) is 34.8 Å². The highest BCUT2D eigenvalue weighted by molar-refractivity contribution is 6.25. The first-order chi connectivity index (χ1) is 8.59. The minimum atomic E-state index is -0.651. The highest BCUT2D eigenvalue weighted by atomic mass is 35.5. The van der Waals surface area contributed by atoms with E-state index >= 15 is 0 Å². The molecule has 2 aliphatic rings. The molecule has 2 rings (SSSR count). The Morgan fingerprint density at radius 2 is 2.11 bits per heavy atom. The minimum absolute atomic E-state index is 0.0184. The molecule has 4 nitrogen and oxygen atoms in total. The van der Waals surface area contributed by atoms with E-state index < -0.39 is 5.54 Å². The molecule has 0 aromatic heterocycles. The van der Waals surface area contributed by atoms with Gasteiger partial charge in [0.15, 0.2) is 0 Å². The molecule has 1 spiro atoms. The Morgan fingerprint density at radius 1 is 1.44 bits per heavy atom. The Hall–Kier alpha value is -1.03. The lowest BCUT2D eigenvalue weighted by Crippen LogP contribution is -2.56. The number of hydrogen-bond acceptors (Lipinski definition) is 2. The lowest BCUT2D eigenvalue weighted by atomic mass is 9.95. The van der Waals surface area contributed by atoms with Crippen LogP contribution in [0.2, 0.25) is 0 Å². The summed E-state index contributed by atoms with van der Waals surface area (Å²) in [6, 6.07) is -0.0784. The fourth-order valence-electron chi connectivity index (χ4n) is 2.96. The summed E-state index contributed by atoms with van der Waals surface area (Å²) >= 11 is 5.54. The van der Waals surface area contributed by atoms with Gasteiger partial charge >= 0.3 is 0 Å². The molecule has 100 valence electrons. The van der Waals surface area contributed by atoms with Gasteiger partial charge in [-0.15, -0.1) is 0 Å². The monoisotopic (exact) mass is 270 g/mol. The van der Waals surface area contributed by atoms with Crippen LogP contribution in [0.1, 0.15) is 39.0 Å². The third-order valence-corrected chi connectivity index (χ3v) is 4.09. The second kappa shape index (κ2) is 5.31. The fraction of sp³-hybridized carbons (Fsp3) is 0.692. The normalized spacial score (nSPS) is 27.9. The number of hydrogen-bond donors (Lipinski definition) is 1. The summed E-state index contributed by atoms with van der Waals surface area (Å²) in [5.41, 5.74) is 0.767. The molecule has 0 radical (unpaired) electrons. The zero-order chi connectivity index (χ0) is 13.2. The second-order valence-electron chi connectivity index (χ2n) is 5.21. The van der Waals surface area contributed by atoms with Crippen LogP contribution < -0.4 is 5.32 Å². The van der Waals surface area contributed by atoms with Gasteiger partial charge in [-0.3, -0.25) is 9.59 Å². The smallest absolute Gasteiger partial charge is 0.248 e. The molecule has 0 aromatic carbocycles. The standard InChI is InChI=1S/C13H19ClN2O2/c1-10-9-11(17)15-13(5-2-3-6-13)12(18)16(10)8-4-7-14/h4,7,10H,2-3,5-6,8-9H2,1H3,(H,15,17)/b7-4+. The molecular weight excluding hydrogens is 252 g/mol. The van der Waals surface area contributed by atoms with Crippen LogP contribution in [0.4, 0.5) is 0 Å². The lowest BCUT2D eigenvalue weighted by Gasteiger charge is -2.33. The molecule has 1 saturated heterocycles. The van der Waals surface area contributed by atoms with Gasteiger partial charge in [-0.05, 0) is 19.8 Å². The summed E-state index contributed by atoms with van der Waals surface area (Å²) in [7, 11) is 0. The van der Waals surface area contributed by atoms with Crippen molar-refractivity contribution < 1.29 is 9.59 Å². The van der Waals surface area contributed by atoms with Crippen LogP contribution in [0, 0.1) is 0 Å². The van der Waals surface area contributed by atoms with Crippen LogP contribution in [0.15, 0.2) is 11.6 Å². The van der Waals surface area contributed by atoms with Crippen LogP contribution in [0.5, 0.6) is 0 Å². The van der Waals surface area contributed by atoms with Crippen molar-refractivity contribution in [2.75, 3.05) is 6.54 Å². The Morgan fingerprint density at radius 3 is 2.72 bits per heavy atom. The van der Waals surface area contributed by atoms with Crippen molar-refractivity contribution >= 4 is 23.4 Å². The molecule has 1 atom stereocenters. The maximum Gasteiger partial charge on any atom is 0.248 e. The molecule has 1 aliphatic heterocycles. The summed E-state index contributed by atoms with van der Waals surface area (Å²) in [6.45, 7) is 2.38. The van der Waals surface area contributed by atoms with Gasteiger partial charge in [0.05, 0.1) is 0 Å². The molecule has 1 saturated carbocycles. The van der Waals surface area contributed by atoms with Crippen molar-refractivity contribution in [2.24, 2.45) is 0 Å². The maximum absolute atomic E-state index is 12.7. The molecule has 0 bridgehead atoms. The Bertz CT molecular complexity index is 375. The lowest BCUT2D eigenvalue weighted by molar-refractivity contribution is -0.139. The topological polar surface area (TPSA) is 49.4 Å². The molecule has 5 heteroatoms. The van der Waals surface area contributed by atoms with Crippen molar-refractivity contribution in [3.63, 3.8) is 0 Å². The number of nitrogens with zero attached hydrogens (tertiary/aromatic N) is 1. The predicted octanol–water partition coefficient (Wildman–Crippen LogP) is 1.79. The van der Waals surface area contributed by atoms with E-state index in [1.807, 2.05) is 6.92 Å². The number of carbonyl (C=O) groups excluding carboxylic acids is 2. The number of amides is 2. The van der Waals surface area contributed by atoms with E-state index in [4.69, 9.17) is 11.6 Å². The molecular formula is C13H19ClN2O2. The van der Waals surface area contributed by atoms with Gasteiger partial charge in [0.1, 0.15) is 5.54 Å². The first-order valence-electron chi connectivity index (χ1n) is 6.46. The fourth-order valence-corrected chi connectivity index (χ4v) is 3.04. The van der Waals surface area contributed by atoms with E-state index in [0.717, 1.165) is 25.7 Å². The maximum atomic E-state index is 12.7. The van der Waals surface area contributed by atoms with Crippen molar-refractivity contribution in [1.29, 1.82) is 0 Å². The summed E-state index contributed by atoms with van der Waals surface area (Å²) in [5.74, 6) is 0.0308. The van der Waals surface area contributed by atoms with E-state index in [2.05, 4.69) is 5.32 Å². The first kappa shape index (κ1) is 13.4. The third kappa shape index (κ3) is 2.39. The van der Waals surface area contributed by atoms with Gasteiger partial charge in [-0.1, -0.05) is 30.5 Å². The zero-order valence-electron chi connectivity index (χ0n) is 10.6. The quantitative estimate of drug-likeness (QED) is 0.832. The largest absolute Gasteiger partial charge is 0.342 e. The van der Waals surface area contributed by atoms with Gasteiger partial charge in [0, 0.05) is 24.5 Å². The number of carbonyl (C=O) groups is 2. The molecule has 1 heterocycles.